The number of hydrogen-bond acceptors (Lipinski definition) is 3. The number of rotatable bonds is 11. The molecule has 0 bridgehead atoms. The molecule has 35 heavy (non-hydrogen) atoms. The van der Waals surface area contributed by atoms with Crippen LogP contribution in [0.2, 0.25) is 0 Å². The van der Waals surface area contributed by atoms with E-state index in [1.54, 1.807) is 12.1 Å². The first-order valence-corrected chi connectivity index (χ1v) is 13.9. The summed E-state index contributed by atoms with van der Waals surface area (Å²) in [7, 11) is 0. The van der Waals surface area contributed by atoms with Crippen molar-refractivity contribution in [3.63, 3.8) is 0 Å². The summed E-state index contributed by atoms with van der Waals surface area (Å²) in [6.45, 7) is 4.42. The molecule has 2 aliphatic carbocycles. The topological polar surface area (TPSA) is 115 Å². The van der Waals surface area contributed by atoms with Crippen molar-refractivity contribution in [2.45, 2.75) is 110 Å². The second-order valence-electron chi connectivity index (χ2n) is 10.9. The highest BCUT2D eigenvalue weighted by Gasteiger charge is 2.30. The summed E-state index contributed by atoms with van der Waals surface area (Å²) in [6.07, 6.45) is 15.3. The lowest BCUT2D eigenvalue weighted by Crippen LogP contribution is -2.28. The van der Waals surface area contributed by atoms with Crippen LogP contribution in [-0.2, 0) is 4.79 Å². The average molecular weight is 484 g/mol. The van der Waals surface area contributed by atoms with Gasteiger partial charge in [0.25, 0.3) is 0 Å². The van der Waals surface area contributed by atoms with Gasteiger partial charge in [-0.3, -0.25) is 14.4 Å². The van der Waals surface area contributed by atoms with Crippen LogP contribution in [0.25, 0.3) is 0 Å². The number of unbranched alkanes of at least 4 members (excludes halogenated alkanes) is 2. The zero-order chi connectivity index (χ0) is 25.4. The standard InChI is InChI=1S/C29H45N3O3/c1-3-5-7-19-9-13-21(14-10-19)26-24(27(30)33)17-23(18-25(26)28(31)34)32-29(35)22-15-11-20(12-16-22)8-6-4-2/h17-22H,3-16H2,1-2H3,(H2,30,33)(H2,31,34)(H,32,35). The minimum atomic E-state index is -0.580. The lowest BCUT2D eigenvalue weighted by molar-refractivity contribution is -0.121. The van der Waals surface area contributed by atoms with E-state index in [0.717, 1.165) is 57.3 Å². The van der Waals surface area contributed by atoms with Crippen LogP contribution in [0, 0.1) is 17.8 Å². The Kier molecular flexibility index (Phi) is 10.2. The lowest BCUT2D eigenvalue weighted by Gasteiger charge is -2.31. The van der Waals surface area contributed by atoms with E-state index in [1.807, 2.05) is 0 Å². The average Bonchev–Trinajstić information content (AvgIpc) is 2.86. The number of nitrogens with one attached hydrogen (secondary N) is 1. The number of carbonyl (C=O) groups is 3. The van der Waals surface area contributed by atoms with E-state index in [0.29, 0.717) is 28.3 Å². The molecule has 5 N–H and O–H groups in total. The fraction of sp³-hybridized carbons (Fsp3) is 0.690. The van der Waals surface area contributed by atoms with Crippen molar-refractivity contribution in [1.82, 2.24) is 0 Å². The fourth-order valence-electron chi connectivity index (χ4n) is 6.26. The molecule has 1 aromatic carbocycles. The molecule has 0 saturated heterocycles. The molecule has 0 unspecified atom stereocenters. The number of anilines is 1. The minimum Gasteiger partial charge on any atom is -0.366 e. The Morgan fingerprint density at radius 3 is 1.66 bits per heavy atom. The molecular formula is C29H45N3O3. The van der Waals surface area contributed by atoms with Gasteiger partial charge >= 0.3 is 0 Å². The summed E-state index contributed by atoms with van der Waals surface area (Å²) >= 11 is 0. The smallest absolute Gasteiger partial charge is 0.249 e. The highest BCUT2D eigenvalue weighted by Crippen LogP contribution is 2.41. The second kappa shape index (κ2) is 13.1. The van der Waals surface area contributed by atoms with Gasteiger partial charge in [0.05, 0.1) is 0 Å². The van der Waals surface area contributed by atoms with Crippen LogP contribution in [0.4, 0.5) is 5.69 Å². The number of benzene rings is 1. The third kappa shape index (κ3) is 7.31. The monoisotopic (exact) mass is 483 g/mol. The largest absolute Gasteiger partial charge is 0.366 e. The molecule has 0 atom stereocenters. The molecule has 0 radical (unpaired) electrons. The van der Waals surface area contributed by atoms with Gasteiger partial charge in [0, 0.05) is 22.7 Å². The number of nitrogens with two attached hydrogens (primary N) is 2. The van der Waals surface area contributed by atoms with Crippen LogP contribution in [0.5, 0.6) is 0 Å². The van der Waals surface area contributed by atoms with Crippen molar-refractivity contribution in [2.24, 2.45) is 29.2 Å². The van der Waals surface area contributed by atoms with Gasteiger partial charge in [0.15, 0.2) is 0 Å². The molecule has 194 valence electrons. The van der Waals surface area contributed by atoms with E-state index in [9.17, 15) is 14.4 Å². The number of primary amides is 2. The van der Waals surface area contributed by atoms with E-state index in [4.69, 9.17) is 11.5 Å². The normalized spacial score (nSPS) is 24.6. The second-order valence-corrected chi connectivity index (χ2v) is 10.9. The highest BCUT2D eigenvalue weighted by molar-refractivity contribution is 6.04. The van der Waals surface area contributed by atoms with Gasteiger partial charge < -0.3 is 16.8 Å². The third-order valence-electron chi connectivity index (χ3n) is 8.38. The lowest BCUT2D eigenvalue weighted by atomic mass is 9.74. The fourth-order valence-corrected chi connectivity index (χ4v) is 6.26. The van der Waals surface area contributed by atoms with Gasteiger partial charge in [-0.1, -0.05) is 52.4 Å². The maximum absolute atomic E-state index is 13.0. The van der Waals surface area contributed by atoms with Crippen molar-refractivity contribution >= 4 is 23.4 Å². The summed E-state index contributed by atoms with van der Waals surface area (Å²) in [5.41, 5.74) is 13.3. The van der Waals surface area contributed by atoms with E-state index < -0.39 is 11.8 Å². The minimum absolute atomic E-state index is 0.0417. The first kappa shape index (κ1) is 27.2. The third-order valence-corrected chi connectivity index (χ3v) is 8.38. The predicted molar refractivity (Wildman–Crippen MR) is 141 cm³/mol. The summed E-state index contributed by atoms with van der Waals surface area (Å²) in [4.78, 5) is 37.9. The van der Waals surface area contributed by atoms with E-state index in [-0.39, 0.29) is 17.7 Å². The quantitative estimate of drug-likeness (QED) is 0.344. The molecule has 0 heterocycles. The first-order valence-electron chi connectivity index (χ1n) is 13.9. The Bertz CT molecular complexity index is 846. The Labute approximate surface area is 211 Å². The van der Waals surface area contributed by atoms with Gasteiger partial charge in [-0.25, -0.2) is 0 Å². The molecule has 2 aliphatic rings. The Morgan fingerprint density at radius 2 is 1.23 bits per heavy atom. The molecule has 6 nitrogen and oxygen atoms in total. The van der Waals surface area contributed by atoms with Crippen molar-refractivity contribution in [3.8, 4) is 0 Å². The van der Waals surface area contributed by atoms with Crippen molar-refractivity contribution < 1.29 is 14.4 Å². The van der Waals surface area contributed by atoms with Gasteiger partial charge in [0.1, 0.15) is 0 Å². The van der Waals surface area contributed by atoms with Gasteiger partial charge in [-0.2, -0.15) is 0 Å². The molecule has 0 aliphatic heterocycles. The maximum Gasteiger partial charge on any atom is 0.249 e. The molecule has 2 fully saturated rings. The van der Waals surface area contributed by atoms with E-state index >= 15 is 0 Å². The zero-order valence-electron chi connectivity index (χ0n) is 21.7. The summed E-state index contributed by atoms with van der Waals surface area (Å²) < 4.78 is 0. The van der Waals surface area contributed by atoms with Crippen LogP contribution < -0.4 is 16.8 Å². The number of carbonyl (C=O) groups excluding carboxylic acids is 3. The van der Waals surface area contributed by atoms with Crippen molar-refractivity contribution in [3.05, 3.63) is 28.8 Å². The number of hydrogen-bond donors (Lipinski definition) is 3. The Hall–Kier alpha value is -2.37. The maximum atomic E-state index is 13.0. The Balaban J connectivity index is 1.74. The predicted octanol–water partition coefficient (Wildman–Crippen LogP) is 6.28. The van der Waals surface area contributed by atoms with Crippen LogP contribution in [0.15, 0.2) is 12.1 Å². The first-order chi connectivity index (χ1) is 16.8. The summed E-state index contributed by atoms with van der Waals surface area (Å²) in [6, 6.07) is 3.30. The van der Waals surface area contributed by atoms with Crippen LogP contribution in [0.1, 0.15) is 136 Å². The van der Waals surface area contributed by atoms with E-state index in [2.05, 4.69) is 19.2 Å². The highest BCUT2D eigenvalue weighted by atomic mass is 16.2. The van der Waals surface area contributed by atoms with Crippen LogP contribution in [-0.4, -0.2) is 17.7 Å². The van der Waals surface area contributed by atoms with Crippen LogP contribution >= 0.6 is 0 Å². The molecular weight excluding hydrogens is 438 g/mol. The Morgan fingerprint density at radius 1 is 0.771 bits per heavy atom. The van der Waals surface area contributed by atoms with E-state index in [1.165, 1.54) is 38.5 Å². The summed E-state index contributed by atoms with van der Waals surface area (Å²) in [5, 5.41) is 2.97. The van der Waals surface area contributed by atoms with Gasteiger partial charge in [-0.05, 0) is 86.8 Å². The molecule has 6 heteroatoms. The molecule has 2 saturated carbocycles. The molecule has 0 spiro atoms. The molecule has 0 aromatic heterocycles. The molecule has 3 rings (SSSR count). The van der Waals surface area contributed by atoms with Crippen molar-refractivity contribution in [2.75, 3.05) is 5.32 Å². The zero-order valence-corrected chi connectivity index (χ0v) is 21.7. The SMILES string of the molecule is CCCCC1CCC(C(=O)Nc2cc(C(N)=O)c(C3CCC(CCCC)CC3)c(C(N)=O)c2)CC1. The van der Waals surface area contributed by atoms with Crippen LogP contribution in [0.3, 0.4) is 0 Å². The summed E-state index contributed by atoms with van der Waals surface area (Å²) in [5.74, 6) is 0.260. The number of amides is 3. The van der Waals surface area contributed by atoms with Gasteiger partial charge in [0.2, 0.25) is 17.7 Å². The molecule has 1 aromatic rings. The van der Waals surface area contributed by atoms with Crippen molar-refractivity contribution in [1.29, 1.82) is 0 Å². The molecule has 3 amide bonds. The van der Waals surface area contributed by atoms with Gasteiger partial charge in [-0.15, -0.1) is 0 Å².